The van der Waals surface area contributed by atoms with Crippen molar-refractivity contribution in [3.63, 3.8) is 0 Å². The van der Waals surface area contributed by atoms with E-state index >= 15 is 0 Å². The smallest absolute Gasteiger partial charge is 0.261 e. The second-order valence-electron chi connectivity index (χ2n) is 7.83. The van der Waals surface area contributed by atoms with Crippen LogP contribution in [0.5, 0.6) is 5.75 Å². The van der Waals surface area contributed by atoms with Gasteiger partial charge in [-0.1, -0.05) is 18.2 Å². The molecule has 3 amide bonds. The maximum Gasteiger partial charge on any atom is 0.261 e. The maximum absolute atomic E-state index is 12.9. The number of para-hydroxylation sites is 1. The Labute approximate surface area is 187 Å². The fourth-order valence-corrected chi connectivity index (χ4v) is 4.01. The third-order valence-electron chi connectivity index (χ3n) is 5.79. The van der Waals surface area contributed by atoms with Crippen molar-refractivity contribution in [2.24, 2.45) is 0 Å². The number of hydrogen-bond donors (Lipinski definition) is 1. The number of nitrogens with one attached hydrogen (secondary N) is 1. The van der Waals surface area contributed by atoms with Crippen LogP contribution < -0.4 is 10.1 Å². The van der Waals surface area contributed by atoms with E-state index in [0.29, 0.717) is 23.4 Å². The van der Waals surface area contributed by atoms with E-state index in [2.05, 4.69) is 10.2 Å². The molecule has 2 aromatic rings. The molecule has 2 aliphatic heterocycles. The van der Waals surface area contributed by atoms with Crippen molar-refractivity contribution < 1.29 is 23.9 Å². The van der Waals surface area contributed by atoms with E-state index in [9.17, 15) is 14.4 Å². The zero-order valence-electron chi connectivity index (χ0n) is 18.1. The minimum atomic E-state index is -0.405. The molecule has 8 nitrogen and oxygen atoms in total. The summed E-state index contributed by atoms with van der Waals surface area (Å²) in [7, 11) is 1.55. The molecule has 0 radical (unpaired) electrons. The highest BCUT2D eigenvalue weighted by Crippen LogP contribution is 2.28. The van der Waals surface area contributed by atoms with Crippen LogP contribution in [0.3, 0.4) is 0 Å². The zero-order valence-corrected chi connectivity index (χ0v) is 18.1. The lowest BCUT2D eigenvalue weighted by atomic mass is 10.1. The number of ether oxygens (including phenoxy) is 2. The minimum absolute atomic E-state index is 0.111. The molecule has 1 fully saturated rings. The zero-order chi connectivity index (χ0) is 22.5. The third-order valence-corrected chi connectivity index (χ3v) is 5.79. The van der Waals surface area contributed by atoms with Crippen molar-refractivity contribution >= 4 is 17.7 Å². The first-order valence-corrected chi connectivity index (χ1v) is 10.8. The predicted octanol–water partition coefficient (Wildman–Crippen LogP) is 1.94. The number of carbonyl (C=O) groups is 3. The molecule has 4 rings (SSSR count). The Morgan fingerprint density at radius 3 is 2.59 bits per heavy atom. The van der Waals surface area contributed by atoms with E-state index in [0.717, 1.165) is 44.8 Å². The number of hydrogen-bond acceptors (Lipinski definition) is 6. The van der Waals surface area contributed by atoms with Crippen LogP contribution in [-0.4, -0.2) is 74.0 Å². The molecule has 0 atom stereocenters. The van der Waals surface area contributed by atoms with E-state index in [1.807, 2.05) is 18.2 Å². The number of rotatable bonds is 8. The molecule has 8 heteroatoms. The largest absolute Gasteiger partial charge is 0.496 e. The number of morpholine rings is 1. The van der Waals surface area contributed by atoms with Gasteiger partial charge in [-0.3, -0.25) is 24.2 Å². The number of carbonyl (C=O) groups excluding carboxylic acids is 3. The van der Waals surface area contributed by atoms with E-state index in [4.69, 9.17) is 9.47 Å². The predicted molar refractivity (Wildman–Crippen MR) is 118 cm³/mol. The second kappa shape index (κ2) is 9.93. The van der Waals surface area contributed by atoms with Gasteiger partial charge in [0.1, 0.15) is 5.75 Å². The molecule has 0 aliphatic carbocycles. The molecule has 0 aromatic heterocycles. The van der Waals surface area contributed by atoms with Gasteiger partial charge in [0.05, 0.1) is 38.0 Å². The highest BCUT2D eigenvalue weighted by atomic mass is 16.5. The molecule has 0 unspecified atom stereocenters. The fraction of sp³-hybridized carbons (Fsp3) is 0.375. The molecule has 0 bridgehead atoms. The lowest BCUT2D eigenvalue weighted by Crippen LogP contribution is -2.38. The first kappa shape index (κ1) is 22.0. The summed E-state index contributed by atoms with van der Waals surface area (Å²) in [6, 6.07) is 11.9. The second-order valence-corrected chi connectivity index (χ2v) is 7.83. The standard InChI is InChI=1S/C24H27N3O5/c1-31-21-6-3-2-5-18(21)16-27-23(29)19-8-7-17(15-20(19)24(27)30)22(28)25-9-4-10-26-11-13-32-14-12-26/h2-3,5-8,15H,4,9-14,16H2,1H3,(H,25,28). The molecular weight excluding hydrogens is 410 g/mol. The summed E-state index contributed by atoms with van der Waals surface area (Å²) < 4.78 is 10.7. The van der Waals surface area contributed by atoms with Gasteiger partial charge in [0.15, 0.2) is 0 Å². The van der Waals surface area contributed by atoms with Crippen molar-refractivity contribution in [2.45, 2.75) is 13.0 Å². The Balaban J connectivity index is 1.38. The van der Waals surface area contributed by atoms with Gasteiger partial charge < -0.3 is 14.8 Å². The number of methoxy groups -OCH3 is 1. The summed E-state index contributed by atoms with van der Waals surface area (Å²) in [4.78, 5) is 41.8. The SMILES string of the molecule is COc1ccccc1CN1C(=O)c2ccc(C(=O)NCCCN3CCOCC3)cc2C1=O. The lowest BCUT2D eigenvalue weighted by molar-refractivity contribution is 0.0374. The maximum atomic E-state index is 12.9. The Bertz CT molecular complexity index is 1020. The molecule has 0 saturated carbocycles. The van der Waals surface area contributed by atoms with Gasteiger partial charge in [0.2, 0.25) is 0 Å². The van der Waals surface area contributed by atoms with Gasteiger partial charge in [0, 0.05) is 30.8 Å². The Morgan fingerprint density at radius 1 is 1.06 bits per heavy atom. The Morgan fingerprint density at radius 2 is 1.81 bits per heavy atom. The number of imide groups is 1. The van der Waals surface area contributed by atoms with E-state index in [-0.39, 0.29) is 23.9 Å². The van der Waals surface area contributed by atoms with Crippen LogP contribution in [-0.2, 0) is 11.3 Å². The van der Waals surface area contributed by atoms with Gasteiger partial charge in [-0.15, -0.1) is 0 Å². The molecule has 168 valence electrons. The molecule has 32 heavy (non-hydrogen) atoms. The van der Waals surface area contributed by atoms with Crippen molar-refractivity contribution in [1.82, 2.24) is 15.1 Å². The molecule has 2 aromatic carbocycles. The van der Waals surface area contributed by atoms with Crippen molar-refractivity contribution in [1.29, 1.82) is 0 Å². The normalized spacial score (nSPS) is 16.2. The van der Waals surface area contributed by atoms with Crippen LogP contribution >= 0.6 is 0 Å². The number of amides is 3. The van der Waals surface area contributed by atoms with Crippen molar-refractivity contribution in [3.05, 3.63) is 64.7 Å². The molecule has 1 N–H and O–H groups in total. The van der Waals surface area contributed by atoms with Crippen LogP contribution in [0.1, 0.15) is 43.1 Å². The summed E-state index contributed by atoms with van der Waals surface area (Å²) in [5.74, 6) is -0.411. The summed E-state index contributed by atoms with van der Waals surface area (Å²) in [6.45, 7) is 4.89. The number of benzene rings is 2. The van der Waals surface area contributed by atoms with Gasteiger partial charge in [0.25, 0.3) is 17.7 Å². The first-order valence-electron chi connectivity index (χ1n) is 10.8. The summed E-state index contributed by atoms with van der Waals surface area (Å²) >= 11 is 0. The van der Waals surface area contributed by atoms with Gasteiger partial charge >= 0.3 is 0 Å². The average molecular weight is 437 g/mol. The van der Waals surface area contributed by atoms with E-state index < -0.39 is 5.91 Å². The summed E-state index contributed by atoms with van der Waals surface area (Å²) in [6.07, 6.45) is 0.834. The Hall–Kier alpha value is -3.23. The molecule has 2 aliphatic rings. The van der Waals surface area contributed by atoms with Crippen LogP contribution in [0, 0.1) is 0 Å². The van der Waals surface area contributed by atoms with Gasteiger partial charge in [-0.2, -0.15) is 0 Å². The Kier molecular flexibility index (Phi) is 6.82. The molecule has 2 heterocycles. The van der Waals surface area contributed by atoms with Crippen LogP contribution in [0.2, 0.25) is 0 Å². The third kappa shape index (κ3) is 4.66. The van der Waals surface area contributed by atoms with E-state index in [1.54, 1.807) is 25.3 Å². The van der Waals surface area contributed by atoms with Crippen LogP contribution in [0.4, 0.5) is 0 Å². The minimum Gasteiger partial charge on any atom is -0.496 e. The molecule has 0 spiro atoms. The highest BCUT2D eigenvalue weighted by Gasteiger charge is 2.36. The fourth-order valence-electron chi connectivity index (χ4n) is 4.01. The lowest BCUT2D eigenvalue weighted by Gasteiger charge is -2.26. The monoisotopic (exact) mass is 437 g/mol. The quantitative estimate of drug-likeness (QED) is 0.502. The van der Waals surface area contributed by atoms with Crippen molar-refractivity contribution in [3.8, 4) is 5.75 Å². The summed E-state index contributed by atoms with van der Waals surface area (Å²) in [5.41, 5.74) is 1.68. The molecular formula is C24H27N3O5. The summed E-state index contributed by atoms with van der Waals surface area (Å²) in [5, 5.41) is 2.90. The number of fused-ring (bicyclic) bond motifs is 1. The first-order chi connectivity index (χ1) is 15.6. The average Bonchev–Trinajstić information content (AvgIpc) is 3.07. The van der Waals surface area contributed by atoms with Gasteiger partial charge in [-0.25, -0.2) is 0 Å². The van der Waals surface area contributed by atoms with Crippen LogP contribution in [0.25, 0.3) is 0 Å². The number of nitrogens with zero attached hydrogens (tertiary/aromatic N) is 2. The van der Waals surface area contributed by atoms with Crippen LogP contribution in [0.15, 0.2) is 42.5 Å². The van der Waals surface area contributed by atoms with Crippen molar-refractivity contribution in [2.75, 3.05) is 46.5 Å². The highest BCUT2D eigenvalue weighted by molar-refractivity contribution is 6.22. The topological polar surface area (TPSA) is 88.2 Å². The molecule has 1 saturated heterocycles. The van der Waals surface area contributed by atoms with Gasteiger partial charge in [-0.05, 0) is 37.2 Å². The van der Waals surface area contributed by atoms with E-state index in [1.165, 1.54) is 11.0 Å².